The Bertz CT molecular complexity index is 464. The van der Waals surface area contributed by atoms with Crippen molar-refractivity contribution in [1.29, 1.82) is 0 Å². The topological polar surface area (TPSA) is 33.3 Å². The van der Waals surface area contributed by atoms with Crippen LogP contribution >= 0.6 is 0 Å². The molecule has 0 aromatic heterocycles. The molecule has 1 aromatic carbocycles. The zero-order valence-electron chi connectivity index (χ0n) is 12.8. The molecule has 0 radical (unpaired) electrons. The van der Waals surface area contributed by atoms with E-state index in [4.69, 9.17) is 4.74 Å². The average molecular weight is 262 g/mol. The molecule has 0 saturated heterocycles. The van der Waals surface area contributed by atoms with Crippen molar-refractivity contribution in [2.75, 3.05) is 32.6 Å². The predicted octanol–water partition coefficient (Wildman–Crippen LogP) is 3.03. The van der Waals surface area contributed by atoms with Crippen LogP contribution in [0.5, 0.6) is 5.75 Å². The SMILES string of the molecule is CNCC1(CNc2c(C)cc(C)c(C)c2OC)CC1. The smallest absolute Gasteiger partial charge is 0.145 e. The predicted molar refractivity (Wildman–Crippen MR) is 81.3 cm³/mol. The van der Waals surface area contributed by atoms with Crippen molar-refractivity contribution in [2.45, 2.75) is 33.6 Å². The molecular weight excluding hydrogens is 236 g/mol. The minimum absolute atomic E-state index is 0.449. The number of benzene rings is 1. The molecule has 2 rings (SSSR count). The highest BCUT2D eigenvalue weighted by Crippen LogP contribution is 2.46. The second-order valence-electron chi connectivity index (χ2n) is 5.93. The summed E-state index contributed by atoms with van der Waals surface area (Å²) in [6.45, 7) is 8.52. The van der Waals surface area contributed by atoms with Crippen LogP contribution in [0.3, 0.4) is 0 Å². The molecule has 0 spiro atoms. The number of hydrogen-bond donors (Lipinski definition) is 2. The van der Waals surface area contributed by atoms with Gasteiger partial charge in [-0.25, -0.2) is 0 Å². The molecule has 1 aromatic rings. The van der Waals surface area contributed by atoms with E-state index in [-0.39, 0.29) is 0 Å². The van der Waals surface area contributed by atoms with Crippen molar-refractivity contribution < 1.29 is 4.74 Å². The molecule has 0 amide bonds. The van der Waals surface area contributed by atoms with Gasteiger partial charge in [-0.3, -0.25) is 0 Å². The average Bonchev–Trinajstić information content (AvgIpc) is 3.13. The van der Waals surface area contributed by atoms with Gasteiger partial charge in [-0.1, -0.05) is 6.07 Å². The van der Waals surface area contributed by atoms with Gasteiger partial charge in [0.2, 0.25) is 0 Å². The first kappa shape index (κ1) is 14.2. The molecule has 0 heterocycles. The molecule has 0 bridgehead atoms. The van der Waals surface area contributed by atoms with Crippen molar-refractivity contribution in [3.8, 4) is 5.75 Å². The lowest BCUT2D eigenvalue weighted by Gasteiger charge is -2.21. The summed E-state index contributed by atoms with van der Waals surface area (Å²) in [5.74, 6) is 0.998. The molecule has 0 unspecified atom stereocenters. The standard InChI is InChI=1S/C16H26N2O/c1-11-8-12(2)14(15(19-5)13(11)3)18-10-16(6-7-16)9-17-4/h8,17-18H,6-7,9-10H2,1-5H3. The van der Waals surface area contributed by atoms with Gasteiger partial charge in [0.25, 0.3) is 0 Å². The van der Waals surface area contributed by atoms with Gasteiger partial charge in [0.15, 0.2) is 0 Å². The van der Waals surface area contributed by atoms with Crippen molar-refractivity contribution in [3.05, 3.63) is 22.8 Å². The zero-order chi connectivity index (χ0) is 14.0. The van der Waals surface area contributed by atoms with E-state index in [0.717, 1.165) is 24.5 Å². The molecule has 19 heavy (non-hydrogen) atoms. The summed E-state index contributed by atoms with van der Waals surface area (Å²) in [7, 11) is 3.79. The van der Waals surface area contributed by atoms with Crippen LogP contribution in [-0.2, 0) is 0 Å². The molecule has 3 nitrogen and oxygen atoms in total. The summed E-state index contributed by atoms with van der Waals surface area (Å²) in [4.78, 5) is 0. The largest absolute Gasteiger partial charge is 0.494 e. The van der Waals surface area contributed by atoms with E-state index in [2.05, 4.69) is 37.5 Å². The quantitative estimate of drug-likeness (QED) is 0.826. The van der Waals surface area contributed by atoms with Crippen LogP contribution in [0.25, 0.3) is 0 Å². The molecule has 0 aliphatic heterocycles. The fourth-order valence-electron chi connectivity index (χ4n) is 2.77. The monoisotopic (exact) mass is 262 g/mol. The Hall–Kier alpha value is -1.22. The first-order valence-electron chi connectivity index (χ1n) is 7.06. The third-order valence-electron chi connectivity index (χ3n) is 4.34. The summed E-state index contributed by atoms with van der Waals surface area (Å²) in [6, 6.07) is 2.23. The molecule has 0 atom stereocenters. The van der Waals surface area contributed by atoms with E-state index < -0.39 is 0 Å². The van der Waals surface area contributed by atoms with E-state index in [1.54, 1.807) is 7.11 Å². The van der Waals surface area contributed by atoms with Gasteiger partial charge in [-0.15, -0.1) is 0 Å². The maximum absolute atomic E-state index is 5.61. The minimum Gasteiger partial charge on any atom is -0.494 e. The minimum atomic E-state index is 0.449. The summed E-state index contributed by atoms with van der Waals surface area (Å²) in [5.41, 5.74) is 5.39. The second-order valence-corrected chi connectivity index (χ2v) is 5.93. The molecular formula is C16H26N2O. The lowest BCUT2D eigenvalue weighted by atomic mass is 10.0. The van der Waals surface area contributed by atoms with E-state index in [1.165, 1.54) is 29.5 Å². The van der Waals surface area contributed by atoms with Crippen LogP contribution in [-0.4, -0.2) is 27.2 Å². The lowest BCUT2D eigenvalue weighted by molar-refractivity contribution is 0.411. The van der Waals surface area contributed by atoms with Crippen molar-refractivity contribution >= 4 is 5.69 Å². The maximum Gasteiger partial charge on any atom is 0.145 e. The first-order chi connectivity index (χ1) is 9.03. The number of nitrogens with one attached hydrogen (secondary N) is 2. The Morgan fingerprint density at radius 2 is 1.84 bits per heavy atom. The number of methoxy groups -OCH3 is 1. The third-order valence-corrected chi connectivity index (χ3v) is 4.34. The highest BCUT2D eigenvalue weighted by molar-refractivity contribution is 5.66. The molecule has 2 N–H and O–H groups in total. The highest BCUT2D eigenvalue weighted by Gasteiger charge is 2.41. The number of rotatable bonds is 6. The summed E-state index contributed by atoms with van der Waals surface area (Å²) < 4.78 is 5.61. The van der Waals surface area contributed by atoms with Crippen LogP contribution < -0.4 is 15.4 Å². The van der Waals surface area contributed by atoms with Crippen LogP contribution in [0.1, 0.15) is 29.5 Å². The fraction of sp³-hybridized carbons (Fsp3) is 0.625. The number of ether oxygens (including phenoxy) is 1. The van der Waals surface area contributed by atoms with Gasteiger partial charge in [-0.2, -0.15) is 0 Å². The summed E-state index contributed by atoms with van der Waals surface area (Å²) >= 11 is 0. The molecule has 1 saturated carbocycles. The van der Waals surface area contributed by atoms with E-state index in [9.17, 15) is 0 Å². The maximum atomic E-state index is 5.61. The van der Waals surface area contributed by atoms with Gasteiger partial charge in [-0.05, 0) is 57.4 Å². The van der Waals surface area contributed by atoms with Crippen LogP contribution in [0, 0.1) is 26.2 Å². The molecule has 1 fully saturated rings. The normalized spacial score (nSPS) is 16.3. The van der Waals surface area contributed by atoms with Gasteiger partial charge in [0.05, 0.1) is 12.8 Å². The summed E-state index contributed by atoms with van der Waals surface area (Å²) in [5, 5.41) is 6.92. The Morgan fingerprint density at radius 1 is 1.16 bits per heavy atom. The van der Waals surface area contributed by atoms with E-state index >= 15 is 0 Å². The van der Waals surface area contributed by atoms with Crippen LogP contribution in [0.4, 0.5) is 5.69 Å². The van der Waals surface area contributed by atoms with Gasteiger partial charge in [0.1, 0.15) is 5.75 Å². The third kappa shape index (κ3) is 2.86. The van der Waals surface area contributed by atoms with Gasteiger partial charge >= 0.3 is 0 Å². The van der Waals surface area contributed by atoms with Crippen molar-refractivity contribution in [3.63, 3.8) is 0 Å². The molecule has 3 heteroatoms. The Balaban J connectivity index is 2.18. The number of anilines is 1. The molecule has 1 aliphatic rings. The van der Waals surface area contributed by atoms with Gasteiger partial charge < -0.3 is 15.4 Å². The van der Waals surface area contributed by atoms with Crippen LogP contribution in [0.2, 0.25) is 0 Å². The zero-order valence-corrected chi connectivity index (χ0v) is 12.8. The molecule has 1 aliphatic carbocycles. The summed E-state index contributed by atoms with van der Waals surface area (Å²) in [6.07, 6.45) is 2.63. The van der Waals surface area contributed by atoms with E-state index in [1.807, 2.05) is 7.05 Å². The van der Waals surface area contributed by atoms with Crippen molar-refractivity contribution in [1.82, 2.24) is 5.32 Å². The highest BCUT2D eigenvalue weighted by atomic mass is 16.5. The fourth-order valence-corrected chi connectivity index (χ4v) is 2.77. The number of aryl methyl sites for hydroxylation is 2. The molecule has 106 valence electrons. The number of hydrogen-bond acceptors (Lipinski definition) is 3. The first-order valence-corrected chi connectivity index (χ1v) is 7.06. The van der Waals surface area contributed by atoms with Crippen LogP contribution in [0.15, 0.2) is 6.07 Å². The van der Waals surface area contributed by atoms with Gasteiger partial charge in [0, 0.05) is 18.5 Å². The Labute approximate surface area is 116 Å². The van der Waals surface area contributed by atoms with E-state index in [0.29, 0.717) is 5.41 Å². The lowest BCUT2D eigenvalue weighted by Crippen LogP contribution is -2.27. The Kier molecular flexibility index (Phi) is 4.04. The Morgan fingerprint density at radius 3 is 2.37 bits per heavy atom. The van der Waals surface area contributed by atoms with Crippen molar-refractivity contribution in [2.24, 2.45) is 5.41 Å². The second kappa shape index (κ2) is 5.41.